The number of halogens is 1. The van der Waals surface area contributed by atoms with Crippen molar-refractivity contribution >= 4 is 51.4 Å². The molecule has 0 radical (unpaired) electrons. The van der Waals surface area contributed by atoms with Gasteiger partial charge in [-0.15, -0.1) is 0 Å². The molecule has 6 nitrogen and oxygen atoms in total. The highest BCUT2D eigenvalue weighted by atomic mass is 35.5. The molecule has 3 heterocycles. The number of aryl methyl sites for hydroxylation is 1. The Kier molecular flexibility index (Phi) is 5.55. The number of hydrogen-bond donors (Lipinski definition) is 1. The first-order valence-corrected chi connectivity index (χ1v) is 12.1. The lowest BCUT2D eigenvalue weighted by molar-refractivity contribution is -0.114. The standard InChI is InChI=1S/C24H24ClN5OS/c1-14-11-17(15(2)29(14)19-10-6-9-18(25)13-19)12-20-21(26)30-24(27-22(20)31)32-23(28-30)16-7-4-3-5-8-16/h6,9-13,16,26H,3-5,7-8H2,1-2H3/b20-12+,26-21?. The minimum Gasteiger partial charge on any atom is -0.318 e. The van der Waals surface area contributed by atoms with Crippen LogP contribution in [0.5, 0.6) is 0 Å². The third-order valence-electron chi connectivity index (χ3n) is 6.26. The SMILES string of the molecule is Cc1cc(/C=C2\C(=N)N3N=C(C4CCCCC4)SC3=NC2=O)c(C)n1-c1cccc(Cl)c1. The highest BCUT2D eigenvalue weighted by Gasteiger charge is 2.38. The molecule has 8 heteroatoms. The molecule has 2 aromatic rings. The zero-order chi connectivity index (χ0) is 22.4. The quantitative estimate of drug-likeness (QED) is 0.569. The molecule has 1 aromatic heterocycles. The summed E-state index contributed by atoms with van der Waals surface area (Å²) in [4.78, 5) is 17.1. The Morgan fingerprint density at radius 2 is 1.97 bits per heavy atom. The molecule has 164 valence electrons. The first-order chi connectivity index (χ1) is 15.4. The summed E-state index contributed by atoms with van der Waals surface area (Å²) in [5.41, 5.74) is 4.08. The molecule has 0 unspecified atom stereocenters. The number of hydrogen-bond acceptors (Lipinski definition) is 4. The van der Waals surface area contributed by atoms with Gasteiger partial charge in [0, 0.05) is 28.0 Å². The summed E-state index contributed by atoms with van der Waals surface area (Å²) in [6.45, 7) is 4.01. The van der Waals surface area contributed by atoms with Crippen LogP contribution in [-0.4, -0.2) is 31.5 Å². The third kappa shape index (κ3) is 3.73. The topological polar surface area (TPSA) is 73.8 Å². The predicted molar refractivity (Wildman–Crippen MR) is 132 cm³/mol. The lowest BCUT2D eigenvalue weighted by Gasteiger charge is -2.20. The number of rotatable bonds is 3. The molecule has 1 aromatic carbocycles. The number of aromatic nitrogens is 1. The van der Waals surface area contributed by atoms with E-state index in [0.29, 0.717) is 16.1 Å². The highest BCUT2D eigenvalue weighted by Crippen LogP contribution is 2.36. The summed E-state index contributed by atoms with van der Waals surface area (Å²) < 4.78 is 2.09. The second-order valence-corrected chi connectivity index (χ2v) is 9.86. The van der Waals surface area contributed by atoms with E-state index in [-0.39, 0.29) is 17.3 Å². The van der Waals surface area contributed by atoms with Crippen molar-refractivity contribution in [2.75, 3.05) is 0 Å². The molecule has 0 saturated heterocycles. The van der Waals surface area contributed by atoms with Gasteiger partial charge >= 0.3 is 0 Å². The van der Waals surface area contributed by atoms with E-state index in [1.807, 2.05) is 44.2 Å². The van der Waals surface area contributed by atoms with Gasteiger partial charge in [-0.25, -0.2) is 0 Å². The van der Waals surface area contributed by atoms with Crippen molar-refractivity contribution in [2.24, 2.45) is 16.0 Å². The van der Waals surface area contributed by atoms with Crippen molar-refractivity contribution in [2.45, 2.75) is 46.0 Å². The molecule has 1 aliphatic carbocycles. The number of thioether (sulfide) groups is 1. The molecule has 1 fully saturated rings. The molecule has 0 spiro atoms. The van der Waals surface area contributed by atoms with Crippen LogP contribution in [-0.2, 0) is 4.79 Å². The van der Waals surface area contributed by atoms with Crippen LogP contribution < -0.4 is 0 Å². The molecular formula is C24H24ClN5OS. The lowest BCUT2D eigenvalue weighted by Crippen LogP contribution is -2.35. The molecule has 1 N–H and O–H groups in total. The third-order valence-corrected chi connectivity index (χ3v) is 7.57. The Morgan fingerprint density at radius 3 is 2.72 bits per heavy atom. The smallest absolute Gasteiger partial charge is 0.283 e. The second kappa shape index (κ2) is 8.37. The number of carbonyl (C=O) groups excluding carboxylic acids is 1. The van der Waals surface area contributed by atoms with Crippen molar-refractivity contribution in [3.8, 4) is 5.69 Å². The number of amides is 1. The van der Waals surface area contributed by atoms with Gasteiger partial charge in [-0.05, 0) is 74.4 Å². The fourth-order valence-electron chi connectivity index (χ4n) is 4.62. The van der Waals surface area contributed by atoms with Gasteiger partial charge in [0.2, 0.25) is 5.17 Å². The number of fused-ring (bicyclic) bond motifs is 1. The molecule has 2 aliphatic heterocycles. The highest BCUT2D eigenvalue weighted by molar-refractivity contribution is 8.27. The maximum absolute atomic E-state index is 12.8. The summed E-state index contributed by atoms with van der Waals surface area (Å²) in [7, 11) is 0. The van der Waals surface area contributed by atoms with Gasteiger partial charge in [0.1, 0.15) is 5.04 Å². The van der Waals surface area contributed by atoms with Gasteiger partial charge < -0.3 is 4.57 Å². The number of nitrogens with zero attached hydrogens (tertiary/aromatic N) is 4. The van der Waals surface area contributed by atoms with Gasteiger partial charge in [-0.3, -0.25) is 10.2 Å². The van der Waals surface area contributed by atoms with E-state index in [0.717, 1.165) is 40.5 Å². The average Bonchev–Trinajstić information content (AvgIpc) is 3.32. The summed E-state index contributed by atoms with van der Waals surface area (Å²) in [5.74, 6) is 0.112. The molecule has 5 rings (SSSR count). The number of amidine groups is 2. The largest absolute Gasteiger partial charge is 0.318 e. The normalized spacial score (nSPS) is 20.6. The molecule has 0 atom stereocenters. The number of hydrazone groups is 1. The van der Waals surface area contributed by atoms with Crippen LogP contribution in [0, 0.1) is 25.2 Å². The van der Waals surface area contributed by atoms with Crippen LogP contribution in [0.2, 0.25) is 5.02 Å². The van der Waals surface area contributed by atoms with E-state index in [1.54, 1.807) is 6.08 Å². The summed E-state index contributed by atoms with van der Waals surface area (Å²) >= 11 is 7.63. The van der Waals surface area contributed by atoms with E-state index >= 15 is 0 Å². The number of aliphatic imine (C=N–C) groups is 1. The summed E-state index contributed by atoms with van der Waals surface area (Å²) in [6.07, 6.45) is 7.68. The van der Waals surface area contributed by atoms with E-state index in [2.05, 4.69) is 14.7 Å². The van der Waals surface area contributed by atoms with Gasteiger partial charge in [0.25, 0.3) is 5.91 Å². The van der Waals surface area contributed by atoms with Gasteiger partial charge in [0.05, 0.1) is 5.57 Å². The summed E-state index contributed by atoms with van der Waals surface area (Å²) in [5, 5.41) is 17.1. The zero-order valence-electron chi connectivity index (χ0n) is 18.1. The Bertz CT molecular complexity index is 1220. The van der Waals surface area contributed by atoms with Crippen LogP contribution in [0.1, 0.15) is 49.1 Å². The first-order valence-electron chi connectivity index (χ1n) is 10.9. The average molecular weight is 466 g/mol. The van der Waals surface area contributed by atoms with Crippen molar-refractivity contribution in [3.05, 3.63) is 57.9 Å². The van der Waals surface area contributed by atoms with Gasteiger partial charge in [-0.2, -0.15) is 15.1 Å². The molecule has 3 aliphatic rings. The fraction of sp³-hybridized carbons (Fsp3) is 0.333. The van der Waals surface area contributed by atoms with Crippen LogP contribution >= 0.6 is 23.4 Å². The molecule has 0 bridgehead atoms. The second-order valence-electron chi connectivity index (χ2n) is 8.43. The minimum atomic E-state index is -0.388. The first kappa shape index (κ1) is 21.2. The molecule has 1 saturated carbocycles. The van der Waals surface area contributed by atoms with E-state index < -0.39 is 0 Å². The van der Waals surface area contributed by atoms with Crippen LogP contribution in [0.15, 0.2) is 46.0 Å². The van der Waals surface area contributed by atoms with Crippen molar-refractivity contribution in [1.82, 2.24) is 9.58 Å². The van der Waals surface area contributed by atoms with Crippen molar-refractivity contribution in [1.29, 1.82) is 5.41 Å². The van der Waals surface area contributed by atoms with Crippen molar-refractivity contribution in [3.63, 3.8) is 0 Å². The van der Waals surface area contributed by atoms with Crippen LogP contribution in [0.4, 0.5) is 0 Å². The number of carbonyl (C=O) groups is 1. The van der Waals surface area contributed by atoms with Gasteiger partial charge in [-0.1, -0.05) is 36.9 Å². The monoisotopic (exact) mass is 465 g/mol. The Hall–Kier alpha value is -2.64. The zero-order valence-corrected chi connectivity index (χ0v) is 19.6. The van der Waals surface area contributed by atoms with E-state index in [4.69, 9.17) is 17.0 Å². The Labute approximate surface area is 196 Å². The van der Waals surface area contributed by atoms with Crippen LogP contribution in [0.3, 0.4) is 0 Å². The number of benzene rings is 1. The van der Waals surface area contributed by atoms with Crippen molar-refractivity contribution < 1.29 is 4.79 Å². The minimum absolute atomic E-state index is 0.0888. The molecule has 1 amide bonds. The number of nitrogens with one attached hydrogen (secondary N) is 1. The molecule has 32 heavy (non-hydrogen) atoms. The maximum Gasteiger partial charge on any atom is 0.283 e. The van der Waals surface area contributed by atoms with E-state index in [1.165, 1.54) is 36.0 Å². The van der Waals surface area contributed by atoms with Gasteiger partial charge in [0.15, 0.2) is 5.84 Å². The fourth-order valence-corrected chi connectivity index (χ4v) is 5.87. The maximum atomic E-state index is 12.8. The lowest BCUT2D eigenvalue weighted by atomic mass is 9.90. The molecular weight excluding hydrogens is 442 g/mol. The van der Waals surface area contributed by atoms with Crippen LogP contribution in [0.25, 0.3) is 11.8 Å². The Balaban J connectivity index is 1.48. The van der Waals surface area contributed by atoms with E-state index in [9.17, 15) is 4.79 Å². The Morgan fingerprint density at radius 1 is 1.19 bits per heavy atom. The summed E-state index contributed by atoms with van der Waals surface area (Å²) in [6, 6.07) is 9.68. The predicted octanol–water partition coefficient (Wildman–Crippen LogP) is 5.95.